The van der Waals surface area contributed by atoms with Gasteiger partial charge in [-0.2, -0.15) is 0 Å². The van der Waals surface area contributed by atoms with Crippen molar-refractivity contribution >= 4 is 5.91 Å². The highest BCUT2D eigenvalue weighted by Crippen LogP contribution is 2.30. The lowest BCUT2D eigenvalue weighted by atomic mass is 9.90. The van der Waals surface area contributed by atoms with Crippen LogP contribution >= 0.6 is 0 Å². The van der Waals surface area contributed by atoms with Crippen LogP contribution in [0.1, 0.15) is 31.7 Å². The first-order chi connectivity index (χ1) is 12.9. The van der Waals surface area contributed by atoms with Crippen LogP contribution in [-0.2, 0) is 11.8 Å². The molecule has 1 amide bonds. The molecule has 0 aliphatic carbocycles. The van der Waals surface area contributed by atoms with Gasteiger partial charge in [0.1, 0.15) is 17.7 Å². The number of carbonyl (C=O) groups excluding carboxylic acids is 1. The average Bonchev–Trinajstić information content (AvgIpc) is 3.08. The second kappa shape index (κ2) is 8.04. The summed E-state index contributed by atoms with van der Waals surface area (Å²) in [6, 6.07) is 2.97. The number of imidazole rings is 1. The van der Waals surface area contributed by atoms with E-state index in [0.717, 1.165) is 12.1 Å². The second-order valence-corrected chi connectivity index (χ2v) is 6.84. The standard InChI is InChI=1S/C19H23F2N3O3/c1-12(27-16-4-3-14(20)11-15(16)21)19(26)24-8-5-13(6-9-24)17(25)18-22-7-10-23(18)2/h3-4,7,10-13,17,25H,5-6,8-9H2,1-2H3/t12-,17-/m0/s1. The average molecular weight is 379 g/mol. The summed E-state index contributed by atoms with van der Waals surface area (Å²) in [5, 5.41) is 10.5. The number of amides is 1. The predicted molar refractivity (Wildman–Crippen MR) is 93.9 cm³/mol. The molecule has 0 unspecified atom stereocenters. The molecule has 0 spiro atoms. The summed E-state index contributed by atoms with van der Waals surface area (Å²) in [6.07, 6.45) is 3.13. The fourth-order valence-corrected chi connectivity index (χ4v) is 3.38. The zero-order valence-corrected chi connectivity index (χ0v) is 15.3. The lowest BCUT2D eigenvalue weighted by molar-refractivity contribution is -0.140. The summed E-state index contributed by atoms with van der Waals surface area (Å²) in [6.45, 7) is 2.50. The molecule has 8 heteroatoms. The van der Waals surface area contributed by atoms with Gasteiger partial charge in [-0.3, -0.25) is 4.79 Å². The van der Waals surface area contributed by atoms with Crippen molar-refractivity contribution in [3.05, 3.63) is 48.1 Å². The number of carbonyl (C=O) groups is 1. The number of aliphatic hydroxyl groups excluding tert-OH is 1. The highest BCUT2D eigenvalue weighted by atomic mass is 19.1. The van der Waals surface area contributed by atoms with E-state index in [1.165, 1.54) is 6.07 Å². The number of benzene rings is 1. The Morgan fingerprint density at radius 3 is 2.63 bits per heavy atom. The zero-order valence-electron chi connectivity index (χ0n) is 15.3. The Bertz CT molecular complexity index is 803. The van der Waals surface area contributed by atoms with Gasteiger partial charge in [0.25, 0.3) is 5.91 Å². The Hall–Kier alpha value is -2.48. The molecule has 0 bridgehead atoms. The number of likely N-dealkylation sites (tertiary alicyclic amines) is 1. The number of hydrogen-bond acceptors (Lipinski definition) is 4. The van der Waals surface area contributed by atoms with Crippen LogP contribution in [0.4, 0.5) is 8.78 Å². The van der Waals surface area contributed by atoms with Gasteiger partial charge < -0.3 is 19.3 Å². The van der Waals surface area contributed by atoms with Crippen molar-refractivity contribution in [2.24, 2.45) is 13.0 Å². The second-order valence-electron chi connectivity index (χ2n) is 6.84. The van der Waals surface area contributed by atoms with Gasteiger partial charge >= 0.3 is 0 Å². The fourth-order valence-electron chi connectivity index (χ4n) is 3.38. The van der Waals surface area contributed by atoms with Gasteiger partial charge in [0.2, 0.25) is 0 Å². The molecule has 1 aliphatic heterocycles. The number of ether oxygens (including phenoxy) is 1. The highest BCUT2D eigenvalue weighted by Gasteiger charge is 2.32. The number of rotatable bonds is 5. The molecule has 3 rings (SSSR count). The zero-order chi connectivity index (χ0) is 19.6. The maximum atomic E-state index is 13.7. The largest absolute Gasteiger partial charge is 0.478 e. The predicted octanol–water partition coefficient (Wildman–Crippen LogP) is 2.44. The highest BCUT2D eigenvalue weighted by molar-refractivity contribution is 5.81. The SMILES string of the molecule is C[C@H](Oc1ccc(F)cc1F)C(=O)N1CCC([C@H](O)c2nccn2C)CC1. The third kappa shape index (κ3) is 4.27. The summed E-state index contributed by atoms with van der Waals surface area (Å²) >= 11 is 0. The molecule has 1 saturated heterocycles. The van der Waals surface area contributed by atoms with Crippen molar-refractivity contribution < 1.29 is 23.4 Å². The molecular weight excluding hydrogens is 356 g/mol. The molecule has 0 saturated carbocycles. The molecule has 6 nitrogen and oxygen atoms in total. The summed E-state index contributed by atoms with van der Waals surface area (Å²) in [5.41, 5.74) is 0. The van der Waals surface area contributed by atoms with Crippen molar-refractivity contribution in [1.29, 1.82) is 0 Å². The minimum Gasteiger partial charge on any atom is -0.478 e. The molecule has 2 heterocycles. The normalized spacial score (nSPS) is 17.6. The van der Waals surface area contributed by atoms with Gasteiger partial charge in [-0.05, 0) is 37.8 Å². The maximum Gasteiger partial charge on any atom is 0.263 e. The van der Waals surface area contributed by atoms with E-state index in [4.69, 9.17) is 4.74 Å². The summed E-state index contributed by atoms with van der Waals surface area (Å²) in [4.78, 5) is 18.4. The van der Waals surface area contributed by atoms with Crippen molar-refractivity contribution in [2.45, 2.75) is 32.0 Å². The van der Waals surface area contributed by atoms with Crippen LogP contribution in [-0.4, -0.2) is 44.7 Å². The topological polar surface area (TPSA) is 67.6 Å². The van der Waals surface area contributed by atoms with Gasteiger partial charge in [-0.15, -0.1) is 0 Å². The van der Waals surface area contributed by atoms with E-state index in [2.05, 4.69) is 4.98 Å². The third-order valence-electron chi connectivity index (χ3n) is 4.97. The molecule has 146 valence electrons. The quantitative estimate of drug-likeness (QED) is 0.867. The van der Waals surface area contributed by atoms with E-state index in [1.54, 1.807) is 28.8 Å². The van der Waals surface area contributed by atoms with Crippen molar-refractivity contribution in [3.63, 3.8) is 0 Å². The number of nitrogens with zero attached hydrogens (tertiary/aromatic N) is 3. The Morgan fingerprint density at radius 2 is 2.04 bits per heavy atom. The molecule has 2 atom stereocenters. The van der Waals surface area contributed by atoms with E-state index in [0.29, 0.717) is 31.8 Å². The van der Waals surface area contributed by atoms with Gasteiger partial charge in [-0.25, -0.2) is 13.8 Å². The lowest BCUT2D eigenvalue weighted by Gasteiger charge is -2.35. The Kier molecular flexibility index (Phi) is 5.74. The van der Waals surface area contributed by atoms with Crippen molar-refractivity contribution in [1.82, 2.24) is 14.5 Å². The number of aromatic nitrogens is 2. The van der Waals surface area contributed by atoms with E-state index in [9.17, 15) is 18.7 Å². The molecule has 1 fully saturated rings. The van der Waals surface area contributed by atoms with Crippen LogP contribution in [0.3, 0.4) is 0 Å². The molecule has 2 aromatic rings. The van der Waals surface area contributed by atoms with Crippen molar-refractivity contribution in [3.8, 4) is 5.75 Å². The number of hydrogen-bond donors (Lipinski definition) is 1. The first kappa shape index (κ1) is 19.3. The molecule has 1 aromatic heterocycles. The van der Waals surface area contributed by atoms with Crippen molar-refractivity contribution in [2.75, 3.05) is 13.1 Å². The Labute approximate surface area is 156 Å². The Morgan fingerprint density at radius 1 is 1.33 bits per heavy atom. The van der Waals surface area contributed by atoms with Crippen LogP contribution in [0, 0.1) is 17.6 Å². The number of halogens is 2. The van der Waals surface area contributed by atoms with E-state index in [1.807, 2.05) is 7.05 Å². The van der Waals surface area contributed by atoms with Gasteiger partial charge in [0.05, 0.1) is 0 Å². The number of aryl methyl sites for hydroxylation is 1. The fraction of sp³-hybridized carbons (Fsp3) is 0.474. The molecule has 27 heavy (non-hydrogen) atoms. The minimum atomic E-state index is -0.888. The van der Waals surface area contributed by atoms with Gasteiger partial charge in [0, 0.05) is 38.6 Å². The van der Waals surface area contributed by atoms with Gasteiger partial charge in [0.15, 0.2) is 17.7 Å². The van der Waals surface area contributed by atoms with Gasteiger partial charge in [-0.1, -0.05) is 0 Å². The summed E-state index contributed by atoms with van der Waals surface area (Å²) in [7, 11) is 1.83. The van der Waals surface area contributed by atoms with Crippen LogP contribution in [0.2, 0.25) is 0 Å². The van der Waals surface area contributed by atoms with E-state index >= 15 is 0 Å². The molecule has 0 radical (unpaired) electrons. The minimum absolute atomic E-state index is 0.0147. The van der Waals surface area contributed by atoms with Crippen LogP contribution in [0.25, 0.3) is 0 Å². The monoisotopic (exact) mass is 379 g/mol. The molecule has 1 aromatic carbocycles. The van der Waals surface area contributed by atoms with Crippen LogP contribution in [0.5, 0.6) is 5.75 Å². The molecule has 1 aliphatic rings. The number of aliphatic hydroxyl groups is 1. The van der Waals surface area contributed by atoms with Crippen LogP contribution < -0.4 is 4.74 Å². The van der Waals surface area contributed by atoms with E-state index < -0.39 is 23.8 Å². The number of piperidine rings is 1. The lowest BCUT2D eigenvalue weighted by Crippen LogP contribution is -2.45. The maximum absolute atomic E-state index is 13.7. The summed E-state index contributed by atoms with van der Waals surface area (Å²) in [5.74, 6) is -1.33. The first-order valence-electron chi connectivity index (χ1n) is 8.92. The first-order valence-corrected chi connectivity index (χ1v) is 8.92. The van der Waals surface area contributed by atoms with E-state index in [-0.39, 0.29) is 17.6 Å². The summed E-state index contributed by atoms with van der Waals surface area (Å²) < 4.78 is 33.8. The smallest absolute Gasteiger partial charge is 0.263 e. The Balaban J connectivity index is 1.55. The molecular formula is C19H23F2N3O3. The molecule has 1 N–H and O–H groups in total. The third-order valence-corrected chi connectivity index (χ3v) is 4.97. The van der Waals surface area contributed by atoms with Crippen LogP contribution in [0.15, 0.2) is 30.6 Å².